The standard InChI is InChI=1S/C13H10.C10H10/c1-4-10-6-2-8-12-9-3-7-11(5-1)13(10)12;1-2-6-9(5-1)10-7-3-4-8-10/h1-8H,9H2;1-5,7H,6,8H2. The number of rotatable bonds is 1. The largest absolute Gasteiger partial charge is 0.0801 e. The van der Waals surface area contributed by atoms with E-state index in [1.807, 2.05) is 0 Å². The lowest BCUT2D eigenvalue weighted by atomic mass is 9.93. The van der Waals surface area contributed by atoms with Crippen LogP contribution < -0.4 is 0 Å². The molecule has 0 unspecified atom stereocenters. The van der Waals surface area contributed by atoms with E-state index in [1.54, 1.807) is 0 Å². The first kappa shape index (κ1) is 14.0. The molecule has 0 heteroatoms. The lowest BCUT2D eigenvalue weighted by Gasteiger charge is -2.11. The highest BCUT2D eigenvalue weighted by Crippen LogP contribution is 2.28. The van der Waals surface area contributed by atoms with Crippen molar-refractivity contribution in [3.8, 4) is 0 Å². The van der Waals surface area contributed by atoms with Crippen molar-refractivity contribution in [3.63, 3.8) is 0 Å². The average Bonchev–Trinajstić information content (AvgIpc) is 3.30. The van der Waals surface area contributed by atoms with Gasteiger partial charge in [0.05, 0.1) is 0 Å². The van der Waals surface area contributed by atoms with Crippen molar-refractivity contribution in [1.82, 2.24) is 0 Å². The zero-order valence-electron chi connectivity index (χ0n) is 13.2. The fraction of sp³-hybridized carbons (Fsp3) is 0.130. The fourth-order valence-corrected chi connectivity index (χ4v) is 3.44. The summed E-state index contributed by atoms with van der Waals surface area (Å²) in [7, 11) is 0. The van der Waals surface area contributed by atoms with E-state index < -0.39 is 0 Å². The summed E-state index contributed by atoms with van der Waals surface area (Å²) in [6, 6.07) is 13.0. The van der Waals surface area contributed by atoms with Crippen molar-refractivity contribution in [2.75, 3.05) is 0 Å². The Morgan fingerprint density at radius 1 is 0.652 bits per heavy atom. The fourth-order valence-electron chi connectivity index (χ4n) is 3.44. The summed E-state index contributed by atoms with van der Waals surface area (Å²) in [6.07, 6.45) is 20.9. The maximum absolute atomic E-state index is 2.23. The number of benzene rings is 2. The normalized spacial score (nSPS) is 17.0. The lowest BCUT2D eigenvalue weighted by Crippen LogP contribution is -1.91. The maximum Gasteiger partial charge on any atom is -0.00763 e. The smallest absolute Gasteiger partial charge is 0.00763 e. The van der Waals surface area contributed by atoms with E-state index >= 15 is 0 Å². The molecule has 0 aromatic heterocycles. The molecule has 0 radical (unpaired) electrons. The van der Waals surface area contributed by atoms with Crippen LogP contribution in [-0.2, 0) is 6.42 Å². The first-order valence-corrected chi connectivity index (χ1v) is 8.31. The van der Waals surface area contributed by atoms with Gasteiger partial charge in [0.1, 0.15) is 0 Å². The maximum atomic E-state index is 2.23. The minimum atomic E-state index is 1.08. The molecule has 0 spiro atoms. The van der Waals surface area contributed by atoms with Crippen LogP contribution in [0, 0.1) is 0 Å². The van der Waals surface area contributed by atoms with E-state index in [1.165, 1.54) is 33.0 Å². The molecule has 0 saturated heterocycles. The minimum absolute atomic E-state index is 1.08. The predicted octanol–water partition coefficient (Wildman–Crippen LogP) is 6.17. The number of allylic oxidation sites excluding steroid dienone is 9. The molecule has 2 aromatic rings. The Balaban J connectivity index is 0.000000122. The van der Waals surface area contributed by atoms with Crippen LogP contribution in [0.1, 0.15) is 24.0 Å². The zero-order chi connectivity index (χ0) is 15.5. The second-order valence-electron chi connectivity index (χ2n) is 6.12. The van der Waals surface area contributed by atoms with Gasteiger partial charge in [0.2, 0.25) is 0 Å². The molecule has 0 atom stereocenters. The Bertz CT molecular complexity index is 852. The van der Waals surface area contributed by atoms with E-state index in [4.69, 9.17) is 0 Å². The summed E-state index contributed by atoms with van der Waals surface area (Å²) < 4.78 is 0. The monoisotopic (exact) mass is 296 g/mol. The molecule has 0 aliphatic heterocycles. The van der Waals surface area contributed by atoms with Crippen molar-refractivity contribution >= 4 is 16.8 Å². The number of hydrogen-bond acceptors (Lipinski definition) is 0. The van der Waals surface area contributed by atoms with Crippen LogP contribution in [0.5, 0.6) is 0 Å². The van der Waals surface area contributed by atoms with Gasteiger partial charge < -0.3 is 0 Å². The van der Waals surface area contributed by atoms with E-state index in [0.29, 0.717) is 0 Å². The molecule has 112 valence electrons. The molecule has 3 aliphatic carbocycles. The highest BCUT2D eigenvalue weighted by atomic mass is 14.1. The van der Waals surface area contributed by atoms with E-state index in [0.717, 1.165) is 19.3 Å². The summed E-state index contributed by atoms with van der Waals surface area (Å²) in [6.45, 7) is 0. The summed E-state index contributed by atoms with van der Waals surface area (Å²) >= 11 is 0. The quantitative estimate of drug-likeness (QED) is 0.590. The third kappa shape index (κ3) is 2.85. The predicted molar refractivity (Wildman–Crippen MR) is 100 cm³/mol. The highest BCUT2D eigenvalue weighted by molar-refractivity contribution is 5.94. The van der Waals surface area contributed by atoms with E-state index in [9.17, 15) is 0 Å². The zero-order valence-corrected chi connectivity index (χ0v) is 13.2. The molecular formula is C23H20. The summed E-state index contributed by atoms with van der Waals surface area (Å²) in [5.74, 6) is 0. The second-order valence-corrected chi connectivity index (χ2v) is 6.12. The first-order chi connectivity index (χ1) is 11.4. The third-order valence-electron chi connectivity index (χ3n) is 4.61. The van der Waals surface area contributed by atoms with Gasteiger partial charge >= 0.3 is 0 Å². The van der Waals surface area contributed by atoms with Crippen LogP contribution in [0.3, 0.4) is 0 Å². The van der Waals surface area contributed by atoms with Crippen molar-refractivity contribution in [2.45, 2.75) is 19.3 Å². The van der Waals surface area contributed by atoms with E-state index in [-0.39, 0.29) is 0 Å². The summed E-state index contributed by atoms with van der Waals surface area (Å²) in [5.41, 5.74) is 5.80. The van der Waals surface area contributed by atoms with Gasteiger partial charge in [-0.25, -0.2) is 0 Å². The Hall–Kier alpha value is -2.60. The summed E-state index contributed by atoms with van der Waals surface area (Å²) in [4.78, 5) is 0. The second kappa shape index (κ2) is 6.26. The molecule has 3 aliphatic rings. The SMILES string of the molecule is C1=CCC(C2=CC=CC2)=C1.C1=Cc2cccc3cccc(c23)C1. The van der Waals surface area contributed by atoms with Crippen molar-refractivity contribution < 1.29 is 0 Å². The topological polar surface area (TPSA) is 0 Å². The van der Waals surface area contributed by atoms with Crippen LogP contribution in [0.25, 0.3) is 16.8 Å². The van der Waals surface area contributed by atoms with Crippen molar-refractivity contribution in [2.24, 2.45) is 0 Å². The molecule has 0 saturated carbocycles. The van der Waals surface area contributed by atoms with Crippen LogP contribution in [-0.4, -0.2) is 0 Å². The van der Waals surface area contributed by atoms with Crippen LogP contribution >= 0.6 is 0 Å². The molecule has 0 amide bonds. The van der Waals surface area contributed by atoms with Gasteiger partial charge in [-0.2, -0.15) is 0 Å². The molecular weight excluding hydrogens is 276 g/mol. The highest BCUT2D eigenvalue weighted by Gasteiger charge is 2.07. The van der Waals surface area contributed by atoms with Gasteiger partial charge in [0, 0.05) is 0 Å². The lowest BCUT2D eigenvalue weighted by molar-refractivity contribution is 1.18. The summed E-state index contributed by atoms with van der Waals surface area (Å²) in [5, 5.41) is 2.80. The molecule has 0 fully saturated rings. The van der Waals surface area contributed by atoms with Gasteiger partial charge in [-0.05, 0) is 52.3 Å². The Morgan fingerprint density at radius 3 is 2.00 bits per heavy atom. The van der Waals surface area contributed by atoms with Crippen LogP contribution in [0.2, 0.25) is 0 Å². The van der Waals surface area contributed by atoms with Gasteiger partial charge in [-0.15, -0.1) is 0 Å². The Kier molecular flexibility index (Phi) is 3.81. The molecule has 0 bridgehead atoms. The molecule has 5 rings (SSSR count). The van der Waals surface area contributed by atoms with Gasteiger partial charge in [-0.1, -0.05) is 85.0 Å². The number of hydrogen-bond donors (Lipinski definition) is 0. The molecule has 0 nitrogen and oxygen atoms in total. The molecule has 0 heterocycles. The van der Waals surface area contributed by atoms with Gasteiger partial charge in [0.15, 0.2) is 0 Å². The molecule has 2 aromatic carbocycles. The van der Waals surface area contributed by atoms with Gasteiger partial charge in [0.25, 0.3) is 0 Å². The van der Waals surface area contributed by atoms with E-state index in [2.05, 4.69) is 85.0 Å². The first-order valence-electron chi connectivity index (χ1n) is 8.31. The van der Waals surface area contributed by atoms with Crippen molar-refractivity contribution in [3.05, 3.63) is 101 Å². The Labute approximate surface area is 137 Å². The average molecular weight is 296 g/mol. The molecule has 0 N–H and O–H groups in total. The third-order valence-corrected chi connectivity index (χ3v) is 4.61. The van der Waals surface area contributed by atoms with Crippen LogP contribution in [0.15, 0.2) is 90.1 Å². The Morgan fingerprint density at radius 2 is 1.35 bits per heavy atom. The van der Waals surface area contributed by atoms with Crippen LogP contribution in [0.4, 0.5) is 0 Å². The minimum Gasteiger partial charge on any atom is -0.0801 e. The van der Waals surface area contributed by atoms with Gasteiger partial charge in [-0.3, -0.25) is 0 Å². The molecule has 23 heavy (non-hydrogen) atoms. The van der Waals surface area contributed by atoms with Crippen molar-refractivity contribution in [1.29, 1.82) is 0 Å².